The summed E-state index contributed by atoms with van der Waals surface area (Å²) in [4.78, 5) is 21.4. The number of aliphatic hydroxyl groups is 1. The van der Waals surface area contributed by atoms with Crippen molar-refractivity contribution < 1.29 is 18.7 Å². The lowest BCUT2D eigenvalue weighted by Crippen LogP contribution is -2.24. The normalized spacial score (nSPS) is 14.6. The van der Waals surface area contributed by atoms with Gasteiger partial charge in [-0.1, -0.05) is 6.07 Å². The Balaban J connectivity index is 1.59. The molecule has 3 N–H and O–H groups in total. The molecule has 1 aromatic carbocycles. The number of aryl methyl sites for hydroxylation is 1. The van der Waals surface area contributed by atoms with Gasteiger partial charge in [-0.05, 0) is 44.4 Å². The van der Waals surface area contributed by atoms with Crippen LogP contribution >= 0.6 is 0 Å². The molecular formula is C20H21FN5O4-. The predicted molar refractivity (Wildman–Crippen MR) is 108 cm³/mol. The molecule has 1 aliphatic carbocycles. The van der Waals surface area contributed by atoms with Gasteiger partial charge in [0.05, 0.1) is 16.6 Å². The summed E-state index contributed by atoms with van der Waals surface area (Å²) in [5.41, 5.74) is 0.780. The van der Waals surface area contributed by atoms with Gasteiger partial charge in [0.1, 0.15) is 30.5 Å². The van der Waals surface area contributed by atoms with Gasteiger partial charge >= 0.3 is 0 Å². The van der Waals surface area contributed by atoms with Gasteiger partial charge in [0.25, 0.3) is 5.91 Å². The van der Waals surface area contributed by atoms with Crippen LogP contribution in [0.15, 0.2) is 28.9 Å². The maximum atomic E-state index is 13.8. The second kappa shape index (κ2) is 7.54. The Morgan fingerprint density at radius 1 is 1.40 bits per heavy atom. The number of furan rings is 1. The third-order valence-electron chi connectivity index (χ3n) is 5.17. The van der Waals surface area contributed by atoms with E-state index in [9.17, 15) is 14.4 Å². The molecule has 0 aliphatic heterocycles. The fourth-order valence-electron chi connectivity index (χ4n) is 3.22. The predicted octanol–water partition coefficient (Wildman–Crippen LogP) is 2.82. The van der Waals surface area contributed by atoms with Crippen LogP contribution in [0.5, 0.6) is 0 Å². The number of fused-ring (bicyclic) bond motifs is 1. The van der Waals surface area contributed by atoms with Gasteiger partial charge in [-0.15, -0.1) is 0 Å². The Morgan fingerprint density at radius 3 is 2.87 bits per heavy atom. The van der Waals surface area contributed by atoms with Crippen molar-refractivity contribution in [3.05, 3.63) is 52.4 Å². The first kappa shape index (κ1) is 20.0. The highest BCUT2D eigenvalue weighted by Crippen LogP contribution is 2.40. The molecular weight excluding hydrogens is 393 g/mol. The van der Waals surface area contributed by atoms with Crippen molar-refractivity contribution in [2.45, 2.75) is 38.8 Å². The summed E-state index contributed by atoms with van der Waals surface area (Å²) >= 11 is 0. The fourth-order valence-corrected chi connectivity index (χ4v) is 3.22. The third-order valence-corrected chi connectivity index (χ3v) is 5.17. The summed E-state index contributed by atoms with van der Waals surface area (Å²) in [5.74, 6) is -0.224. The van der Waals surface area contributed by atoms with Crippen LogP contribution in [0.2, 0.25) is 0 Å². The number of halogens is 1. The molecule has 10 heteroatoms. The van der Waals surface area contributed by atoms with Crippen LogP contribution in [0.4, 0.5) is 15.9 Å². The number of anilines is 2. The quantitative estimate of drug-likeness (QED) is 0.398. The van der Waals surface area contributed by atoms with Crippen LogP contribution in [0.3, 0.4) is 0 Å². The summed E-state index contributed by atoms with van der Waals surface area (Å²) in [6, 6.07) is 3.85. The number of hydrogen-bond donors (Lipinski definition) is 3. The van der Waals surface area contributed by atoms with Gasteiger partial charge < -0.3 is 30.4 Å². The first-order valence-electron chi connectivity index (χ1n) is 9.46. The van der Waals surface area contributed by atoms with Crippen molar-refractivity contribution in [2.75, 3.05) is 17.1 Å². The minimum absolute atomic E-state index is 0.0473. The number of carbonyl (C=O) groups excluding carboxylic acids is 1. The molecule has 0 saturated heterocycles. The van der Waals surface area contributed by atoms with E-state index in [2.05, 4.69) is 27.5 Å². The zero-order chi connectivity index (χ0) is 21.5. The van der Waals surface area contributed by atoms with Crippen molar-refractivity contribution in [3.8, 4) is 0 Å². The van der Waals surface area contributed by atoms with Gasteiger partial charge in [-0.2, -0.15) is 0 Å². The van der Waals surface area contributed by atoms with Crippen molar-refractivity contribution in [2.24, 2.45) is 0 Å². The smallest absolute Gasteiger partial charge is 0.255 e. The molecule has 1 amide bonds. The Morgan fingerprint density at radius 2 is 2.17 bits per heavy atom. The number of nitrogens with zero attached hydrogens (tertiary/aromatic N) is 3. The van der Waals surface area contributed by atoms with E-state index in [-0.39, 0.29) is 22.8 Å². The number of aliphatic hydroxyl groups excluding tert-OH is 1. The van der Waals surface area contributed by atoms with Gasteiger partial charge in [0, 0.05) is 12.1 Å². The molecule has 0 unspecified atom stereocenters. The van der Waals surface area contributed by atoms with E-state index in [4.69, 9.17) is 9.52 Å². The van der Waals surface area contributed by atoms with E-state index in [1.54, 1.807) is 6.92 Å². The van der Waals surface area contributed by atoms with Crippen LogP contribution in [0.25, 0.3) is 11.1 Å². The lowest BCUT2D eigenvalue weighted by atomic mass is 10.1. The molecule has 0 spiro atoms. The molecule has 0 radical (unpaired) electrons. The summed E-state index contributed by atoms with van der Waals surface area (Å²) in [5, 5.41) is 27.2. The van der Waals surface area contributed by atoms with Gasteiger partial charge in [-0.3, -0.25) is 4.79 Å². The lowest BCUT2D eigenvalue weighted by molar-refractivity contribution is 0.0951. The monoisotopic (exact) mass is 414 g/mol. The van der Waals surface area contributed by atoms with Crippen molar-refractivity contribution >= 4 is 28.5 Å². The number of hydrogen-bond acceptors (Lipinski definition) is 8. The van der Waals surface area contributed by atoms with Crippen LogP contribution < -0.4 is 15.7 Å². The minimum Gasteiger partial charge on any atom is -0.757 e. The average Bonchev–Trinajstić information content (AvgIpc) is 3.34. The van der Waals surface area contributed by atoms with Crippen LogP contribution in [-0.4, -0.2) is 33.3 Å². The SMILES string of the molecule is Cc1oc2ncnc(NC3(C)CC3)c2c1C(=O)NCc1ccc(F)c(N([O-])CO)c1. The third kappa shape index (κ3) is 3.79. The lowest BCUT2D eigenvalue weighted by Gasteiger charge is -2.28. The van der Waals surface area contributed by atoms with Crippen molar-refractivity contribution in [1.82, 2.24) is 15.3 Å². The summed E-state index contributed by atoms with van der Waals surface area (Å²) < 4.78 is 19.4. The molecule has 1 saturated carbocycles. The second-order valence-electron chi connectivity index (χ2n) is 7.61. The molecule has 9 nitrogen and oxygen atoms in total. The average molecular weight is 414 g/mol. The van der Waals surface area contributed by atoms with E-state index in [0.717, 1.165) is 18.9 Å². The van der Waals surface area contributed by atoms with E-state index in [0.29, 0.717) is 33.8 Å². The molecule has 30 heavy (non-hydrogen) atoms. The number of carbonyl (C=O) groups is 1. The van der Waals surface area contributed by atoms with Gasteiger partial charge in [0.2, 0.25) is 5.71 Å². The Kier molecular flexibility index (Phi) is 5.04. The topological polar surface area (TPSA) is 127 Å². The zero-order valence-corrected chi connectivity index (χ0v) is 16.5. The van der Waals surface area contributed by atoms with Crippen LogP contribution in [-0.2, 0) is 6.54 Å². The molecule has 3 aromatic rings. The minimum atomic E-state index is -0.873. The highest BCUT2D eigenvalue weighted by atomic mass is 19.1. The standard InChI is InChI=1S/C20H21FN5O4/c1-11-15(16-17(25-20(2)5-6-20)23-9-24-19(16)30-11)18(28)22-8-12-3-4-13(21)14(7-12)26(29)10-27/h3-4,7,9,27H,5-6,8,10H2,1-2H3,(H,22,28)(H,23,24,25)/q-1. The Bertz CT molecular complexity index is 1110. The summed E-state index contributed by atoms with van der Waals surface area (Å²) in [6.07, 6.45) is 3.40. The molecule has 0 bridgehead atoms. The molecule has 4 rings (SSSR count). The highest BCUT2D eigenvalue weighted by Gasteiger charge is 2.38. The van der Waals surface area contributed by atoms with Gasteiger partial charge in [-0.25, -0.2) is 14.4 Å². The van der Waals surface area contributed by atoms with E-state index in [1.165, 1.54) is 18.5 Å². The summed E-state index contributed by atoms with van der Waals surface area (Å²) in [6.45, 7) is 2.92. The molecule has 158 valence electrons. The molecule has 1 aliphatic rings. The number of rotatable bonds is 7. The molecule has 0 atom stereocenters. The summed E-state index contributed by atoms with van der Waals surface area (Å²) in [7, 11) is 0. The van der Waals surface area contributed by atoms with Crippen molar-refractivity contribution in [3.63, 3.8) is 0 Å². The fraction of sp³-hybridized carbons (Fsp3) is 0.350. The number of hydroxylamine groups is 1. The van der Waals surface area contributed by atoms with E-state index in [1.807, 2.05) is 0 Å². The van der Waals surface area contributed by atoms with Crippen molar-refractivity contribution in [1.29, 1.82) is 0 Å². The highest BCUT2D eigenvalue weighted by molar-refractivity contribution is 6.10. The second-order valence-corrected chi connectivity index (χ2v) is 7.61. The first-order valence-corrected chi connectivity index (χ1v) is 9.46. The number of amides is 1. The number of benzene rings is 1. The number of aromatic nitrogens is 2. The van der Waals surface area contributed by atoms with Crippen LogP contribution in [0.1, 0.15) is 41.4 Å². The maximum Gasteiger partial charge on any atom is 0.255 e. The Hall–Kier alpha value is -3.24. The van der Waals surface area contributed by atoms with Gasteiger partial charge in [0.15, 0.2) is 0 Å². The molecule has 2 heterocycles. The van der Waals surface area contributed by atoms with E-state index >= 15 is 0 Å². The molecule has 1 fully saturated rings. The molecule has 2 aromatic heterocycles. The first-order chi connectivity index (χ1) is 14.3. The van der Waals surface area contributed by atoms with Crippen LogP contribution in [0, 0.1) is 17.9 Å². The number of nitrogens with one attached hydrogen (secondary N) is 2. The Labute approximate surface area is 171 Å². The van der Waals surface area contributed by atoms with E-state index < -0.39 is 18.5 Å². The zero-order valence-electron chi connectivity index (χ0n) is 16.5. The largest absolute Gasteiger partial charge is 0.757 e. The maximum absolute atomic E-state index is 13.8.